The molecule has 0 aliphatic rings. The molecule has 0 saturated heterocycles. The lowest BCUT2D eigenvalue weighted by Gasteiger charge is -2.23. The molecule has 0 aliphatic carbocycles. The maximum atomic E-state index is 12.1. The van der Waals surface area contributed by atoms with Crippen LogP contribution in [0.3, 0.4) is 0 Å². The maximum Gasteiger partial charge on any atom is 0.251 e. The number of amides is 1. The SMILES string of the molecule is CC(C)Oc1cccc(C(=O)NCC(C)(C)C(N)=S)c1. The molecular weight excluding hydrogens is 272 g/mol. The number of nitrogens with two attached hydrogens (primary N) is 1. The molecule has 0 spiro atoms. The Bertz CT molecular complexity index is 498. The van der Waals surface area contributed by atoms with E-state index in [4.69, 9.17) is 22.7 Å². The quantitative estimate of drug-likeness (QED) is 0.791. The van der Waals surface area contributed by atoms with Gasteiger partial charge in [-0.25, -0.2) is 0 Å². The normalized spacial score (nSPS) is 11.2. The van der Waals surface area contributed by atoms with Gasteiger partial charge in [-0.15, -0.1) is 0 Å². The number of nitrogens with one attached hydrogen (secondary N) is 1. The lowest BCUT2D eigenvalue weighted by Crippen LogP contribution is -2.41. The number of rotatable bonds is 6. The van der Waals surface area contributed by atoms with Crippen LogP contribution in [0.25, 0.3) is 0 Å². The van der Waals surface area contributed by atoms with Crippen LogP contribution >= 0.6 is 12.2 Å². The summed E-state index contributed by atoms with van der Waals surface area (Å²) in [6, 6.07) is 7.10. The topological polar surface area (TPSA) is 64.3 Å². The summed E-state index contributed by atoms with van der Waals surface area (Å²) in [4.78, 5) is 12.5. The van der Waals surface area contributed by atoms with Crippen molar-refractivity contribution >= 4 is 23.1 Å². The van der Waals surface area contributed by atoms with Crippen molar-refractivity contribution < 1.29 is 9.53 Å². The van der Waals surface area contributed by atoms with Crippen molar-refractivity contribution in [3.8, 4) is 5.75 Å². The zero-order chi connectivity index (χ0) is 15.3. The molecule has 1 aromatic rings. The van der Waals surface area contributed by atoms with Crippen molar-refractivity contribution in [2.24, 2.45) is 11.1 Å². The second-order valence-electron chi connectivity index (χ2n) is 5.63. The van der Waals surface area contributed by atoms with Crippen LogP contribution in [-0.4, -0.2) is 23.5 Å². The Balaban J connectivity index is 2.71. The lowest BCUT2D eigenvalue weighted by molar-refractivity contribution is 0.0944. The highest BCUT2D eigenvalue weighted by Gasteiger charge is 2.22. The molecule has 1 rings (SSSR count). The molecule has 0 aliphatic heterocycles. The van der Waals surface area contributed by atoms with Gasteiger partial charge in [-0.3, -0.25) is 4.79 Å². The first kappa shape index (κ1) is 16.4. The van der Waals surface area contributed by atoms with Crippen molar-refractivity contribution in [3.05, 3.63) is 29.8 Å². The molecule has 0 atom stereocenters. The Kier molecular flexibility index (Phi) is 5.51. The largest absolute Gasteiger partial charge is 0.491 e. The Morgan fingerprint density at radius 3 is 2.65 bits per heavy atom. The molecule has 110 valence electrons. The van der Waals surface area contributed by atoms with E-state index in [1.807, 2.05) is 33.8 Å². The number of hydrogen-bond acceptors (Lipinski definition) is 3. The van der Waals surface area contributed by atoms with Gasteiger partial charge in [0.2, 0.25) is 0 Å². The number of thiocarbonyl (C=S) groups is 1. The smallest absolute Gasteiger partial charge is 0.251 e. The minimum absolute atomic E-state index is 0.0712. The van der Waals surface area contributed by atoms with Gasteiger partial charge in [0, 0.05) is 17.5 Å². The third-order valence-electron chi connectivity index (χ3n) is 2.83. The van der Waals surface area contributed by atoms with Crippen molar-refractivity contribution in [2.75, 3.05) is 6.54 Å². The number of hydrogen-bond donors (Lipinski definition) is 2. The molecular formula is C15H22N2O2S. The van der Waals surface area contributed by atoms with Gasteiger partial charge in [-0.2, -0.15) is 0 Å². The number of carbonyl (C=O) groups is 1. The molecule has 1 aromatic carbocycles. The Hall–Kier alpha value is -1.62. The van der Waals surface area contributed by atoms with E-state index >= 15 is 0 Å². The van der Waals surface area contributed by atoms with Crippen molar-refractivity contribution in [3.63, 3.8) is 0 Å². The monoisotopic (exact) mass is 294 g/mol. The zero-order valence-electron chi connectivity index (χ0n) is 12.4. The van der Waals surface area contributed by atoms with Crippen LogP contribution in [0.2, 0.25) is 0 Å². The molecule has 0 fully saturated rings. The number of carbonyl (C=O) groups excluding carboxylic acids is 1. The second kappa shape index (κ2) is 6.70. The van der Waals surface area contributed by atoms with Crippen molar-refractivity contribution in [2.45, 2.75) is 33.8 Å². The van der Waals surface area contributed by atoms with E-state index in [2.05, 4.69) is 5.32 Å². The zero-order valence-corrected chi connectivity index (χ0v) is 13.2. The molecule has 0 radical (unpaired) electrons. The van der Waals surface area contributed by atoms with Crippen LogP contribution in [0.5, 0.6) is 5.75 Å². The van der Waals surface area contributed by atoms with Gasteiger partial charge in [0.25, 0.3) is 5.91 Å². The summed E-state index contributed by atoms with van der Waals surface area (Å²) in [5.41, 5.74) is 5.79. The van der Waals surface area contributed by atoms with Crippen molar-refractivity contribution in [1.29, 1.82) is 0 Å². The second-order valence-corrected chi connectivity index (χ2v) is 6.07. The maximum absolute atomic E-state index is 12.1. The van der Waals surface area contributed by atoms with E-state index in [0.29, 0.717) is 22.8 Å². The summed E-state index contributed by atoms with van der Waals surface area (Å²) in [7, 11) is 0. The Morgan fingerprint density at radius 1 is 1.45 bits per heavy atom. The van der Waals surface area contributed by atoms with Crippen molar-refractivity contribution in [1.82, 2.24) is 5.32 Å². The van der Waals surface area contributed by atoms with Gasteiger partial charge in [0.1, 0.15) is 5.75 Å². The first-order valence-corrected chi connectivity index (χ1v) is 6.98. The van der Waals surface area contributed by atoms with E-state index in [0.717, 1.165) is 0 Å². The summed E-state index contributed by atoms with van der Waals surface area (Å²) in [6.45, 7) is 8.08. The number of benzene rings is 1. The molecule has 0 heterocycles. The van der Waals surface area contributed by atoms with E-state index in [9.17, 15) is 4.79 Å². The van der Waals surface area contributed by atoms with Crippen LogP contribution in [0.1, 0.15) is 38.1 Å². The molecule has 0 unspecified atom stereocenters. The van der Waals surface area contributed by atoms with Crippen LogP contribution < -0.4 is 15.8 Å². The average Bonchev–Trinajstić information content (AvgIpc) is 2.35. The molecule has 3 N–H and O–H groups in total. The van der Waals surface area contributed by atoms with Gasteiger partial charge >= 0.3 is 0 Å². The minimum Gasteiger partial charge on any atom is -0.491 e. The molecule has 0 aromatic heterocycles. The van der Waals surface area contributed by atoms with Gasteiger partial charge < -0.3 is 15.8 Å². The van der Waals surface area contributed by atoms with Crippen LogP contribution in [0.15, 0.2) is 24.3 Å². The molecule has 20 heavy (non-hydrogen) atoms. The summed E-state index contributed by atoms with van der Waals surface area (Å²) in [6.07, 6.45) is 0.0712. The fourth-order valence-corrected chi connectivity index (χ4v) is 1.55. The molecule has 4 nitrogen and oxygen atoms in total. The molecule has 0 saturated carbocycles. The first-order valence-electron chi connectivity index (χ1n) is 6.57. The van der Waals surface area contributed by atoms with Crippen LogP contribution in [-0.2, 0) is 0 Å². The van der Waals surface area contributed by atoms with Gasteiger partial charge in [0.15, 0.2) is 0 Å². The third kappa shape index (κ3) is 4.81. The van der Waals surface area contributed by atoms with Crippen LogP contribution in [0, 0.1) is 5.41 Å². The van der Waals surface area contributed by atoms with E-state index in [-0.39, 0.29) is 12.0 Å². The van der Waals surface area contributed by atoms with Gasteiger partial charge in [-0.05, 0) is 32.0 Å². The standard InChI is InChI=1S/C15H22N2O2S/c1-10(2)19-12-7-5-6-11(8-12)13(18)17-9-15(3,4)14(16)20/h5-8,10H,9H2,1-4H3,(H2,16,20)(H,17,18). The molecule has 5 heteroatoms. The average molecular weight is 294 g/mol. The number of ether oxygens (including phenoxy) is 1. The summed E-state index contributed by atoms with van der Waals surface area (Å²) in [5, 5.41) is 2.84. The summed E-state index contributed by atoms with van der Waals surface area (Å²) < 4.78 is 5.57. The summed E-state index contributed by atoms with van der Waals surface area (Å²) >= 11 is 4.98. The van der Waals surface area contributed by atoms with E-state index in [1.165, 1.54) is 0 Å². The predicted molar refractivity (Wildman–Crippen MR) is 85.1 cm³/mol. The summed E-state index contributed by atoms with van der Waals surface area (Å²) in [5.74, 6) is 0.518. The van der Waals surface area contributed by atoms with Gasteiger partial charge in [0.05, 0.1) is 11.1 Å². The fraction of sp³-hybridized carbons (Fsp3) is 0.467. The lowest BCUT2D eigenvalue weighted by atomic mass is 9.93. The highest BCUT2D eigenvalue weighted by Crippen LogP contribution is 2.16. The van der Waals surface area contributed by atoms with E-state index < -0.39 is 5.41 Å². The van der Waals surface area contributed by atoms with E-state index in [1.54, 1.807) is 18.2 Å². The van der Waals surface area contributed by atoms with Gasteiger partial charge in [-0.1, -0.05) is 32.1 Å². The highest BCUT2D eigenvalue weighted by atomic mass is 32.1. The fourth-order valence-electron chi connectivity index (χ4n) is 1.47. The minimum atomic E-state index is -0.406. The Morgan fingerprint density at radius 2 is 2.10 bits per heavy atom. The molecule has 1 amide bonds. The predicted octanol–water partition coefficient (Wildman–Crippen LogP) is 2.52. The first-order chi connectivity index (χ1) is 9.22. The Labute approximate surface area is 125 Å². The third-order valence-corrected chi connectivity index (χ3v) is 3.38. The van der Waals surface area contributed by atoms with Crippen LogP contribution in [0.4, 0.5) is 0 Å². The highest BCUT2D eigenvalue weighted by molar-refractivity contribution is 7.80. The molecule has 0 bridgehead atoms.